The van der Waals surface area contributed by atoms with E-state index >= 15 is 0 Å². The summed E-state index contributed by atoms with van der Waals surface area (Å²) in [6, 6.07) is 26.0. The number of nitrogens with zero attached hydrogens (tertiary/aromatic N) is 1. The molecule has 4 aliphatic rings. The molecule has 1 aliphatic heterocycles. The third kappa shape index (κ3) is 2.49. The summed E-state index contributed by atoms with van der Waals surface area (Å²) in [6.45, 7) is 0.269. The molecule has 0 N–H and O–H groups in total. The van der Waals surface area contributed by atoms with Crippen molar-refractivity contribution < 1.29 is 19.1 Å². The van der Waals surface area contributed by atoms with Crippen LogP contribution in [0.25, 0.3) is 0 Å². The van der Waals surface area contributed by atoms with Crippen molar-refractivity contribution in [3.63, 3.8) is 0 Å². The van der Waals surface area contributed by atoms with Crippen LogP contribution < -0.4 is 0 Å². The lowest BCUT2D eigenvalue weighted by atomic mass is 9.47. The lowest BCUT2D eigenvalue weighted by Gasteiger charge is -2.56. The van der Waals surface area contributed by atoms with E-state index < -0.39 is 23.5 Å². The van der Waals surface area contributed by atoms with Crippen molar-refractivity contribution in [3.8, 4) is 0 Å². The van der Waals surface area contributed by atoms with Crippen LogP contribution in [-0.2, 0) is 31.0 Å². The minimum absolute atomic E-state index is 0.113. The lowest BCUT2D eigenvalue weighted by molar-refractivity contribution is -0.169. The molecule has 33 heavy (non-hydrogen) atoms. The highest BCUT2D eigenvalue weighted by Gasteiger charge is 2.70. The van der Waals surface area contributed by atoms with Gasteiger partial charge in [0.25, 0.3) is 0 Å². The minimum atomic E-state index is -0.908. The maximum Gasteiger partial charge on any atom is 0.234 e. The van der Waals surface area contributed by atoms with E-state index in [1.54, 1.807) is 14.2 Å². The molecular formula is C28H25NO4. The number of hydrogen-bond acceptors (Lipinski definition) is 4. The van der Waals surface area contributed by atoms with Gasteiger partial charge in [-0.15, -0.1) is 0 Å². The molecule has 3 aromatic carbocycles. The summed E-state index contributed by atoms with van der Waals surface area (Å²) < 4.78 is 11.8. The van der Waals surface area contributed by atoms with Crippen molar-refractivity contribution >= 4 is 11.8 Å². The first kappa shape index (κ1) is 20.3. The first-order valence-corrected chi connectivity index (χ1v) is 11.3. The van der Waals surface area contributed by atoms with Gasteiger partial charge < -0.3 is 9.47 Å². The number of carbonyl (C=O) groups is 2. The molecule has 5 heteroatoms. The Labute approximate surface area is 192 Å². The molecule has 3 aliphatic carbocycles. The van der Waals surface area contributed by atoms with Crippen molar-refractivity contribution in [3.05, 3.63) is 107 Å². The Balaban J connectivity index is 1.61. The van der Waals surface area contributed by atoms with Crippen molar-refractivity contribution in [1.82, 2.24) is 4.90 Å². The maximum atomic E-state index is 14.1. The second-order valence-corrected chi connectivity index (χ2v) is 9.08. The molecule has 2 amide bonds. The van der Waals surface area contributed by atoms with E-state index in [0.29, 0.717) is 0 Å². The van der Waals surface area contributed by atoms with Gasteiger partial charge in [0.1, 0.15) is 0 Å². The SMILES string of the molecule is COC(OC)C12c3ccccc3C(c3ccccc31)C1C(=O)N(Cc3ccccc3)C(=O)C12. The average molecular weight is 440 g/mol. The van der Waals surface area contributed by atoms with Crippen molar-refractivity contribution in [2.45, 2.75) is 24.2 Å². The Morgan fingerprint density at radius 3 is 1.91 bits per heavy atom. The van der Waals surface area contributed by atoms with Crippen molar-refractivity contribution in [1.29, 1.82) is 0 Å². The van der Waals surface area contributed by atoms with Crippen LogP contribution in [0.5, 0.6) is 0 Å². The van der Waals surface area contributed by atoms with E-state index in [1.165, 1.54) is 4.90 Å². The topological polar surface area (TPSA) is 55.8 Å². The largest absolute Gasteiger partial charge is 0.355 e. The van der Waals surface area contributed by atoms with E-state index in [2.05, 4.69) is 24.3 Å². The average Bonchev–Trinajstić information content (AvgIpc) is 3.11. The number of amides is 2. The van der Waals surface area contributed by atoms with Crippen molar-refractivity contribution in [2.24, 2.45) is 11.8 Å². The summed E-state index contributed by atoms with van der Waals surface area (Å²) in [4.78, 5) is 29.5. The van der Waals surface area contributed by atoms with Gasteiger partial charge in [-0.1, -0.05) is 78.9 Å². The number of benzene rings is 3. The molecule has 1 heterocycles. The number of hydrogen-bond donors (Lipinski definition) is 0. The zero-order valence-corrected chi connectivity index (χ0v) is 18.6. The fourth-order valence-corrected chi connectivity index (χ4v) is 6.68. The van der Waals surface area contributed by atoms with E-state index in [-0.39, 0.29) is 24.3 Å². The number of ether oxygens (including phenoxy) is 2. The molecule has 0 saturated carbocycles. The van der Waals surface area contributed by atoms with Crippen LogP contribution in [0.15, 0.2) is 78.9 Å². The van der Waals surface area contributed by atoms with Crippen LogP contribution in [0.1, 0.15) is 33.7 Å². The molecular weight excluding hydrogens is 414 g/mol. The van der Waals surface area contributed by atoms with E-state index in [4.69, 9.17) is 9.47 Å². The first-order valence-electron chi connectivity index (χ1n) is 11.3. The Hall–Kier alpha value is -3.28. The van der Waals surface area contributed by atoms with Crippen LogP contribution in [0.3, 0.4) is 0 Å². The fraction of sp³-hybridized carbons (Fsp3) is 0.286. The Kier molecular flexibility index (Phi) is 4.54. The second-order valence-electron chi connectivity index (χ2n) is 9.08. The highest BCUT2D eigenvalue weighted by Crippen LogP contribution is 2.65. The molecule has 0 radical (unpaired) electrons. The second kappa shape index (κ2) is 7.37. The van der Waals surface area contributed by atoms with Gasteiger partial charge in [-0.3, -0.25) is 14.5 Å². The highest BCUT2D eigenvalue weighted by atomic mass is 16.7. The summed E-state index contributed by atoms with van der Waals surface area (Å²) in [7, 11) is 3.21. The Morgan fingerprint density at radius 2 is 1.33 bits per heavy atom. The molecule has 3 aromatic rings. The summed E-state index contributed by atoms with van der Waals surface area (Å²) in [6.07, 6.45) is -0.720. The van der Waals surface area contributed by atoms with Gasteiger partial charge in [0, 0.05) is 20.1 Å². The van der Waals surface area contributed by atoms with Crippen LogP contribution in [0, 0.1) is 11.8 Å². The number of rotatable bonds is 5. The molecule has 1 saturated heterocycles. The minimum Gasteiger partial charge on any atom is -0.355 e. The third-order valence-corrected chi connectivity index (χ3v) is 7.76. The number of carbonyl (C=O) groups excluding carboxylic acids is 2. The van der Waals surface area contributed by atoms with E-state index in [0.717, 1.165) is 27.8 Å². The molecule has 2 unspecified atom stereocenters. The predicted octanol–water partition coefficient (Wildman–Crippen LogP) is 3.85. The Morgan fingerprint density at radius 1 is 0.788 bits per heavy atom. The monoisotopic (exact) mass is 439 g/mol. The van der Waals surface area contributed by atoms with E-state index in [9.17, 15) is 9.59 Å². The molecule has 5 nitrogen and oxygen atoms in total. The van der Waals surface area contributed by atoms with Gasteiger partial charge >= 0.3 is 0 Å². The number of imide groups is 1. The van der Waals surface area contributed by atoms with Gasteiger partial charge in [-0.2, -0.15) is 0 Å². The Bertz CT molecular complexity index is 1200. The summed E-state index contributed by atoms with van der Waals surface area (Å²) in [5.41, 5.74) is 4.23. The molecule has 0 spiro atoms. The molecule has 2 bridgehead atoms. The maximum absolute atomic E-state index is 14.1. The molecule has 166 valence electrons. The molecule has 7 rings (SSSR count). The standard InChI is InChI=1S/C28H25NO4/c1-32-27(33-2)28-20-14-8-6-12-18(20)22(19-13-7-9-15-21(19)28)23-24(28)26(31)29(25(23)30)16-17-10-4-3-5-11-17/h3-15,22-24,27H,16H2,1-2H3. The molecule has 1 fully saturated rings. The smallest absolute Gasteiger partial charge is 0.234 e. The van der Waals surface area contributed by atoms with E-state index in [1.807, 2.05) is 54.6 Å². The number of methoxy groups -OCH3 is 2. The van der Waals surface area contributed by atoms with Gasteiger partial charge in [-0.25, -0.2) is 0 Å². The van der Waals surface area contributed by atoms with Gasteiger partial charge in [0.2, 0.25) is 11.8 Å². The fourth-order valence-electron chi connectivity index (χ4n) is 6.68. The first-order chi connectivity index (χ1) is 16.1. The zero-order valence-electron chi connectivity index (χ0n) is 18.6. The zero-order chi connectivity index (χ0) is 22.7. The quantitative estimate of drug-likeness (QED) is 0.448. The normalized spacial score (nSPS) is 27.0. The van der Waals surface area contributed by atoms with Gasteiger partial charge in [0.05, 0.1) is 23.8 Å². The van der Waals surface area contributed by atoms with Crippen LogP contribution in [0.4, 0.5) is 0 Å². The van der Waals surface area contributed by atoms with Crippen LogP contribution in [-0.4, -0.2) is 37.2 Å². The molecule has 2 atom stereocenters. The lowest BCUT2D eigenvalue weighted by Crippen LogP contribution is -2.60. The number of likely N-dealkylation sites (tertiary alicyclic amines) is 1. The van der Waals surface area contributed by atoms with Crippen molar-refractivity contribution in [2.75, 3.05) is 14.2 Å². The van der Waals surface area contributed by atoms with Gasteiger partial charge in [-0.05, 0) is 27.8 Å². The van der Waals surface area contributed by atoms with Crippen LogP contribution >= 0.6 is 0 Å². The van der Waals surface area contributed by atoms with Crippen LogP contribution in [0.2, 0.25) is 0 Å². The summed E-state index contributed by atoms with van der Waals surface area (Å²) >= 11 is 0. The highest BCUT2D eigenvalue weighted by molar-refractivity contribution is 6.08. The third-order valence-electron chi connectivity index (χ3n) is 7.76. The molecule has 0 aromatic heterocycles. The predicted molar refractivity (Wildman–Crippen MR) is 122 cm³/mol. The summed E-state index contributed by atoms with van der Waals surface area (Å²) in [5.74, 6) is -1.51. The van der Waals surface area contributed by atoms with Gasteiger partial charge in [0.15, 0.2) is 6.29 Å². The summed E-state index contributed by atoms with van der Waals surface area (Å²) in [5, 5.41) is 0.